The Hall–Kier alpha value is -1.86. The average Bonchev–Trinajstić information content (AvgIpc) is 2.60. The molecule has 1 aromatic heterocycles. The first-order valence-electron chi connectivity index (χ1n) is 8.70. The molecule has 12 heteroatoms. The lowest BCUT2D eigenvalue weighted by Crippen LogP contribution is -2.48. The molecular weight excluding hydrogens is 426 g/mol. The molecule has 0 spiro atoms. The predicted molar refractivity (Wildman–Crippen MR) is 102 cm³/mol. The first kappa shape index (κ1) is 21.8. The van der Waals surface area contributed by atoms with Gasteiger partial charge >= 0.3 is 0 Å². The van der Waals surface area contributed by atoms with Crippen LogP contribution in [0.1, 0.15) is 30.6 Å². The minimum absolute atomic E-state index is 0.0611. The first-order valence-corrected chi connectivity index (χ1v) is 11.2. The molecule has 8 nitrogen and oxygen atoms in total. The van der Waals surface area contributed by atoms with Crippen LogP contribution in [0.25, 0.3) is 0 Å². The Balaban J connectivity index is 1.87. The molecule has 1 aliphatic rings. The summed E-state index contributed by atoms with van der Waals surface area (Å²) >= 11 is 1.05. The molecule has 1 saturated heterocycles. The number of halogens is 2. The Kier molecular flexibility index (Phi) is 6.69. The van der Waals surface area contributed by atoms with Gasteiger partial charge in [0, 0.05) is 23.9 Å². The van der Waals surface area contributed by atoms with Gasteiger partial charge in [0.1, 0.15) is 6.10 Å². The smallest absolute Gasteiger partial charge is 0.277 e. The van der Waals surface area contributed by atoms with Crippen molar-refractivity contribution in [2.45, 2.75) is 36.4 Å². The number of aromatic nitrogens is 2. The van der Waals surface area contributed by atoms with Crippen molar-refractivity contribution in [3.63, 3.8) is 0 Å². The van der Waals surface area contributed by atoms with Gasteiger partial charge in [-0.05, 0) is 19.4 Å². The van der Waals surface area contributed by atoms with Crippen molar-refractivity contribution in [1.82, 2.24) is 14.3 Å². The van der Waals surface area contributed by atoms with E-state index >= 15 is 0 Å². The number of nitrogens with two attached hydrogens (primary N) is 1. The highest BCUT2D eigenvalue weighted by Crippen LogP contribution is 2.36. The third kappa shape index (κ3) is 5.20. The predicted octanol–water partition coefficient (Wildman–Crippen LogP) is 1.76. The summed E-state index contributed by atoms with van der Waals surface area (Å²) in [4.78, 5) is 8.57. The summed E-state index contributed by atoms with van der Waals surface area (Å²) in [6.45, 7) is 1.66. The van der Waals surface area contributed by atoms with E-state index in [1.807, 2.05) is 0 Å². The van der Waals surface area contributed by atoms with Gasteiger partial charge in [0.2, 0.25) is 5.88 Å². The van der Waals surface area contributed by atoms with E-state index < -0.39 is 34.0 Å². The van der Waals surface area contributed by atoms with Crippen LogP contribution in [0.15, 0.2) is 29.4 Å². The van der Waals surface area contributed by atoms with E-state index in [1.165, 1.54) is 18.2 Å². The number of ether oxygens (including phenoxy) is 1. The molecule has 2 atom stereocenters. The summed E-state index contributed by atoms with van der Waals surface area (Å²) in [5, 5.41) is 14.6. The zero-order valence-electron chi connectivity index (χ0n) is 15.5. The van der Waals surface area contributed by atoms with Crippen LogP contribution in [0, 0.1) is 11.6 Å². The van der Waals surface area contributed by atoms with Gasteiger partial charge in [-0.1, -0.05) is 23.9 Å². The van der Waals surface area contributed by atoms with Crippen LogP contribution in [-0.4, -0.2) is 47.1 Å². The molecule has 3 N–H and O–H groups in total. The number of nitrogens with zero attached hydrogens (tertiary/aromatic N) is 3. The topological polar surface area (TPSA) is 119 Å². The van der Waals surface area contributed by atoms with E-state index in [0.717, 1.165) is 22.1 Å². The van der Waals surface area contributed by atoms with E-state index in [4.69, 9.17) is 9.88 Å². The SMILES string of the molecule is C[C@@H](CO)Oc1cc(C2CCN2S(N)(=O)=O)nc(SCc2cccc(F)c2F)n1. The van der Waals surface area contributed by atoms with Gasteiger partial charge in [0.25, 0.3) is 10.2 Å². The molecule has 2 aromatic rings. The maximum absolute atomic E-state index is 13.9. The lowest BCUT2D eigenvalue weighted by atomic mass is 10.0. The normalized spacial score (nSPS) is 18.3. The third-order valence-electron chi connectivity index (χ3n) is 4.31. The third-order valence-corrected chi connectivity index (χ3v) is 6.30. The number of hydrogen-bond acceptors (Lipinski definition) is 7. The van der Waals surface area contributed by atoms with E-state index in [1.54, 1.807) is 6.92 Å². The Morgan fingerprint density at radius 1 is 1.41 bits per heavy atom. The van der Waals surface area contributed by atoms with Crippen molar-refractivity contribution in [1.29, 1.82) is 0 Å². The molecule has 2 heterocycles. The quantitative estimate of drug-likeness (QED) is 0.468. The summed E-state index contributed by atoms with van der Waals surface area (Å²) in [6.07, 6.45) is -0.0302. The molecule has 3 rings (SSSR count). The standard InChI is InChI=1S/C17H20F2N4O4S2/c1-10(8-24)27-15-7-13(14-5-6-23(14)29(20,25)26)21-17(22-15)28-9-11-3-2-4-12(18)16(11)19/h2-4,7,10,14,24H,5-6,8-9H2,1H3,(H2,20,25,26)/t10-,14?/m0/s1. The highest BCUT2D eigenvalue weighted by Gasteiger charge is 2.38. The Labute approximate surface area is 171 Å². The number of rotatable bonds is 8. The summed E-state index contributed by atoms with van der Waals surface area (Å²) in [7, 11) is -3.89. The van der Waals surface area contributed by atoms with Gasteiger partial charge in [-0.15, -0.1) is 0 Å². The van der Waals surface area contributed by atoms with Gasteiger partial charge in [-0.25, -0.2) is 18.9 Å². The molecule has 29 heavy (non-hydrogen) atoms. The van der Waals surface area contributed by atoms with E-state index in [-0.39, 0.29) is 35.5 Å². The maximum atomic E-state index is 13.9. The molecule has 1 aliphatic heterocycles. The Morgan fingerprint density at radius 3 is 2.79 bits per heavy atom. The van der Waals surface area contributed by atoms with E-state index in [9.17, 15) is 22.3 Å². The monoisotopic (exact) mass is 446 g/mol. The second-order valence-electron chi connectivity index (χ2n) is 6.49. The number of hydrogen-bond donors (Lipinski definition) is 2. The van der Waals surface area contributed by atoms with E-state index in [2.05, 4.69) is 9.97 Å². The molecule has 1 fully saturated rings. The molecule has 0 radical (unpaired) electrons. The summed E-state index contributed by atoms with van der Waals surface area (Å²) in [5.74, 6) is -1.69. The highest BCUT2D eigenvalue weighted by molar-refractivity contribution is 7.98. The fourth-order valence-corrected chi connectivity index (χ4v) is 4.49. The second-order valence-corrected chi connectivity index (χ2v) is 8.93. The Bertz CT molecular complexity index is 993. The van der Waals surface area contributed by atoms with Crippen LogP contribution < -0.4 is 9.88 Å². The summed E-state index contributed by atoms with van der Waals surface area (Å²) < 4.78 is 57.3. The zero-order chi connectivity index (χ0) is 21.2. The number of benzene rings is 1. The molecule has 1 aromatic carbocycles. The van der Waals surface area contributed by atoms with Gasteiger partial charge in [-0.3, -0.25) is 0 Å². The molecular formula is C17H20F2N4O4S2. The van der Waals surface area contributed by atoms with Crippen molar-refractivity contribution in [2.24, 2.45) is 5.14 Å². The average molecular weight is 447 g/mol. The van der Waals surface area contributed by atoms with Crippen molar-refractivity contribution in [3.8, 4) is 5.88 Å². The minimum Gasteiger partial charge on any atom is -0.472 e. The molecule has 0 bridgehead atoms. The van der Waals surface area contributed by atoms with Crippen LogP contribution >= 0.6 is 11.8 Å². The van der Waals surface area contributed by atoms with Crippen molar-refractivity contribution >= 4 is 22.0 Å². The van der Waals surface area contributed by atoms with Crippen molar-refractivity contribution < 1.29 is 27.0 Å². The molecule has 0 amide bonds. The van der Waals surface area contributed by atoms with Crippen LogP contribution in [0.2, 0.25) is 0 Å². The summed E-state index contributed by atoms with van der Waals surface area (Å²) in [6, 6.07) is 4.81. The number of aliphatic hydroxyl groups is 1. The highest BCUT2D eigenvalue weighted by atomic mass is 32.2. The van der Waals surface area contributed by atoms with Gasteiger partial charge in [-0.2, -0.15) is 17.7 Å². The fraction of sp³-hybridized carbons (Fsp3) is 0.412. The van der Waals surface area contributed by atoms with Crippen LogP contribution in [0.3, 0.4) is 0 Å². The van der Waals surface area contributed by atoms with Gasteiger partial charge < -0.3 is 9.84 Å². The van der Waals surface area contributed by atoms with E-state index in [0.29, 0.717) is 12.1 Å². The zero-order valence-corrected chi connectivity index (χ0v) is 17.1. The van der Waals surface area contributed by atoms with Crippen molar-refractivity contribution in [2.75, 3.05) is 13.2 Å². The lowest BCUT2D eigenvalue weighted by molar-refractivity contribution is 0.123. The maximum Gasteiger partial charge on any atom is 0.277 e. The minimum atomic E-state index is -3.89. The summed E-state index contributed by atoms with van der Waals surface area (Å²) in [5.41, 5.74) is 0.521. The molecule has 1 unspecified atom stereocenters. The number of aliphatic hydroxyl groups excluding tert-OH is 1. The van der Waals surface area contributed by atoms with Crippen LogP contribution in [0.5, 0.6) is 5.88 Å². The lowest BCUT2D eigenvalue weighted by Gasteiger charge is -2.37. The van der Waals surface area contributed by atoms with Crippen molar-refractivity contribution in [3.05, 3.63) is 47.2 Å². The Morgan fingerprint density at radius 2 is 2.17 bits per heavy atom. The van der Waals surface area contributed by atoms with Crippen LogP contribution in [-0.2, 0) is 16.0 Å². The fourth-order valence-electron chi connectivity index (χ4n) is 2.73. The number of thioether (sulfide) groups is 1. The van der Waals surface area contributed by atoms with Gasteiger partial charge in [0.05, 0.1) is 18.3 Å². The first-order chi connectivity index (χ1) is 13.7. The second kappa shape index (κ2) is 8.88. The molecule has 158 valence electrons. The van der Waals surface area contributed by atoms with Gasteiger partial charge in [0.15, 0.2) is 16.8 Å². The largest absolute Gasteiger partial charge is 0.472 e. The molecule has 0 aliphatic carbocycles. The molecule has 0 saturated carbocycles. The van der Waals surface area contributed by atoms with Crippen LogP contribution in [0.4, 0.5) is 8.78 Å².